The number of hydroxylamine groups is 2. The Morgan fingerprint density at radius 1 is 1.06 bits per heavy atom. The van der Waals surface area contributed by atoms with Gasteiger partial charge >= 0.3 is 0 Å². The maximum atomic E-state index is 9.26. The fourth-order valence-corrected chi connectivity index (χ4v) is 1.46. The zero-order chi connectivity index (χ0) is 12.1. The van der Waals surface area contributed by atoms with E-state index in [1.807, 2.05) is 0 Å². The zero-order valence-electron chi connectivity index (χ0n) is 9.98. The van der Waals surface area contributed by atoms with Gasteiger partial charge in [-0.25, -0.2) is 0 Å². The van der Waals surface area contributed by atoms with Gasteiger partial charge in [-0.1, -0.05) is 0 Å². The van der Waals surface area contributed by atoms with E-state index in [2.05, 4.69) is 0 Å². The molecule has 0 saturated carbocycles. The van der Waals surface area contributed by atoms with Crippen LogP contribution in [0.1, 0.15) is 5.56 Å². The average molecular weight is 227 g/mol. The molecule has 0 amide bonds. The van der Waals surface area contributed by atoms with Crippen molar-refractivity contribution in [3.63, 3.8) is 0 Å². The molecule has 1 aromatic rings. The maximum Gasteiger partial charge on any atom is 0.130 e. The highest BCUT2D eigenvalue weighted by atomic mass is 16.5. The smallest absolute Gasteiger partial charge is 0.130 e. The highest BCUT2D eigenvalue weighted by molar-refractivity contribution is 5.50. The molecule has 0 heterocycles. The second-order valence-electron chi connectivity index (χ2n) is 3.33. The number of nitrogens with zero attached hydrogens (tertiary/aromatic N) is 1. The average Bonchev–Trinajstić information content (AvgIpc) is 2.28. The fourth-order valence-electron chi connectivity index (χ4n) is 1.46. The van der Waals surface area contributed by atoms with Crippen LogP contribution in [0.25, 0.3) is 0 Å². The minimum absolute atomic E-state index is 0.316. The van der Waals surface area contributed by atoms with E-state index in [9.17, 15) is 5.21 Å². The van der Waals surface area contributed by atoms with Gasteiger partial charge in [-0.3, -0.25) is 0 Å². The molecule has 90 valence electrons. The monoisotopic (exact) mass is 227 g/mol. The Morgan fingerprint density at radius 2 is 1.56 bits per heavy atom. The third kappa shape index (κ3) is 2.77. The van der Waals surface area contributed by atoms with Crippen LogP contribution in [0.4, 0.5) is 0 Å². The molecule has 1 rings (SSSR count). The van der Waals surface area contributed by atoms with E-state index in [0.717, 1.165) is 10.6 Å². The lowest BCUT2D eigenvalue weighted by Crippen LogP contribution is -2.13. The number of hydrogen-bond acceptors (Lipinski definition) is 5. The molecular weight excluding hydrogens is 210 g/mol. The summed E-state index contributed by atoms with van der Waals surface area (Å²) in [5.41, 5.74) is 0.774. The van der Waals surface area contributed by atoms with Crippen LogP contribution in [0.3, 0.4) is 0 Å². The van der Waals surface area contributed by atoms with E-state index in [-0.39, 0.29) is 0 Å². The van der Waals surface area contributed by atoms with Gasteiger partial charge < -0.3 is 19.4 Å². The highest BCUT2D eigenvalue weighted by Gasteiger charge is 2.14. The van der Waals surface area contributed by atoms with Gasteiger partial charge in [0, 0.05) is 19.2 Å². The van der Waals surface area contributed by atoms with Crippen molar-refractivity contribution in [3.05, 3.63) is 17.7 Å². The molecule has 0 unspecified atom stereocenters. The largest absolute Gasteiger partial charge is 0.496 e. The Bertz CT molecular complexity index is 327. The first kappa shape index (κ1) is 12.6. The van der Waals surface area contributed by atoms with Crippen molar-refractivity contribution < 1.29 is 19.4 Å². The summed E-state index contributed by atoms with van der Waals surface area (Å²) in [5.74, 6) is 1.90. The van der Waals surface area contributed by atoms with Gasteiger partial charge in [0.1, 0.15) is 17.2 Å². The molecule has 0 saturated heterocycles. The first-order valence-corrected chi connectivity index (χ1v) is 4.81. The predicted octanol–water partition coefficient (Wildman–Crippen LogP) is 1.53. The quantitative estimate of drug-likeness (QED) is 0.773. The summed E-state index contributed by atoms with van der Waals surface area (Å²) in [7, 11) is 6.26. The van der Waals surface area contributed by atoms with Crippen LogP contribution in [-0.2, 0) is 6.54 Å². The molecule has 0 fully saturated rings. The van der Waals surface area contributed by atoms with Gasteiger partial charge in [0.15, 0.2) is 0 Å². The van der Waals surface area contributed by atoms with E-state index in [0.29, 0.717) is 23.8 Å². The van der Waals surface area contributed by atoms with Crippen LogP contribution in [0.2, 0.25) is 0 Å². The molecule has 0 atom stereocenters. The fraction of sp³-hybridized carbons (Fsp3) is 0.455. The summed E-state index contributed by atoms with van der Waals surface area (Å²) in [6, 6.07) is 3.50. The Hall–Kier alpha value is -1.46. The molecule has 0 radical (unpaired) electrons. The number of ether oxygens (including phenoxy) is 3. The second kappa shape index (κ2) is 5.58. The van der Waals surface area contributed by atoms with Crippen LogP contribution in [0, 0.1) is 0 Å². The van der Waals surface area contributed by atoms with Crippen molar-refractivity contribution in [1.82, 2.24) is 5.06 Å². The van der Waals surface area contributed by atoms with Crippen molar-refractivity contribution in [2.24, 2.45) is 0 Å². The molecular formula is C11H17NO4. The Balaban J connectivity index is 3.20. The van der Waals surface area contributed by atoms with Gasteiger partial charge in [0.25, 0.3) is 0 Å². The lowest BCUT2D eigenvalue weighted by Gasteiger charge is -2.17. The summed E-state index contributed by atoms with van der Waals surface area (Å²) in [6.45, 7) is 0.316. The van der Waals surface area contributed by atoms with Gasteiger partial charge in [0.05, 0.1) is 33.4 Å². The van der Waals surface area contributed by atoms with E-state index in [4.69, 9.17) is 14.2 Å². The predicted molar refractivity (Wildman–Crippen MR) is 59.4 cm³/mol. The molecule has 0 aliphatic carbocycles. The third-order valence-corrected chi connectivity index (χ3v) is 2.20. The van der Waals surface area contributed by atoms with Gasteiger partial charge in [-0.2, -0.15) is 5.06 Å². The van der Waals surface area contributed by atoms with Crippen molar-refractivity contribution in [1.29, 1.82) is 0 Å². The SMILES string of the molecule is COc1cc(OC)c(CN(C)O)c(OC)c1. The van der Waals surface area contributed by atoms with E-state index >= 15 is 0 Å². The standard InChI is InChI=1S/C11H17NO4/c1-12(13)7-9-10(15-3)5-8(14-2)6-11(9)16-4/h5-6,13H,7H2,1-4H3. The molecule has 0 aromatic heterocycles. The van der Waals surface area contributed by atoms with Crippen LogP contribution >= 0.6 is 0 Å². The molecule has 16 heavy (non-hydrogen) atoms. The van der Waals surface area contributed by atoms with Crippen molar-refractivity contribution in [2.45, 2.75) is 6.54 Å². The van der Waals surface area contributed by atoms with Gasteiger partial charge in [-0.15, -0.1) is 0 Å². The number of benzene rings is 1. The second-order valence-corrected chi connectivity index (χ2v) is 3.33. The molecule has 0 spiro atoms. The van der Waals surface area contributed by atoms with Gasteiger partial charge in [-0.05, 0) is 0 Å². The first-order valence-electron chi connectivity index (χ1n) is 4.81. The number of hydrogen-bond donors (Lipinski definition) is 1. The number of rotatable bonds is 5. The van der Waals surface area contributed by atoms with Crippen LogP contribution < -0.4 is 14.2 Å². The van der Waals surface area contributed by atoms with E-state index in [1.165, 1.54) is 0 Å². The molecule has 1 N–H and O–H groups in total. The van der Waals surface area contributed by atoms with Crippen molar-refractivity contribution in [2.75, 3.05) is 28.4 Å². The normalized spacial score (nSPS) is 10.4. The van der Waals surface area contributed by atoms with Crippen molar-refractivity contribution in [3.8, 4) is 17.2 Å². The lowest BCUT2D eigenvalue weighted by molar-refractivity contribution is -0.0739. The van der Waals surface area contributed by atoms with E-state index in [1.54, 1.807) is 40.5 Å². The lowest BCUT2D eigenvalue weighted by atomic mass is 10.1. The van der Waals surface area contributed by atoms with Crippen LogP contribution in [0.5, 0.6) is 17.2 Å². The molecule has 5 nitrogen and oxygen atoms in total. The maximum absolute atomic E-state index is 9.26. The molecule has 0 bridgehead atoms. The topological polar surface area (TPSA) is 51.2 Å². The Kier molecular flexibility index (Phi) is 4.39. The Morgan fingerprint density at radius 3 is 1.88 bits per heavy atom. The molecule has 1 aromatic carbocycles. The summed E-state index contributed by atoms with van der Waals surface area (Å²) in [5, 5.41) is 10.3. The third-order valence-electron chi connectivity index (χ3n) is 2.20. The molecule has 0 aliphatic rings. The van der Waals surface area contributed by atoms with Crippen LogP contribution in [-0.4, -0.2) is 38.6 Å². The van der Waals surface area contributed by atoms with Gasteiger partial charge in [0.2, 0.25) is 0 Å². The minimum Gasteiger partial charge on any atom is -0.496 e. The Labute approximate surface area is 95.1 Å². The van der Waals surface area contributed by atoms with E-state index < -0.39 is 0 Å². The van der Waals surface area contributed by atoms with Crippen LogP contribution in [0.15, 0.2) is 12.1 Å². The zero-order valence-corrected chi connectivity index (χ0v) is 9.98. The van der Waals surface area contributed by atoms with Crippen molar-refractivity contribution >= 4 is 0 Å². The number of methoxy groups -OCH3 is 3. The summed E-state index contributed by atoms with van der Waals surface area (Å²) < 4.78 is 15.6. The molecule has 0 aliphatic heterocycles. The molecule has 5 heteroatoms. The summed E-state index contributed by atoms with van der Waals surface area (Å²) in [6.07, 6.45) is 0. The minimum atomic E-state index is 0.316. The first-order chi connectivity index (χ1) is 7.62. The summed E-state index contributed by atoms with van der Waals surface area (Å²) >= 11 is 0. The summed E-state index contributed by atoms with van der Waals surface area (Å²) in [4.78, 5) is 0. The highest BCUT2D eigenvalue weighted by Crippen LogP contribution is 2.34.